The van der Waals surface area contributed by atoms with E-state index in [0.29, 0.717) is 25.8 Å². The number of aldehydes is 1. The van der Waals surface area contributed by atoms with E-state index in [1.165, 1.54) is 0 Å². The fourth-order valence-corrected chi connectivity index (χ4v) is 7.02. The molecule has 216 valence electrons. The van der Waals surface area contributed by atoms with Gasteiger partial charge in [-0.3, -0.25) is 19.2 Å². The number of nitrogens with zero attached hydrogens (tertiary/aromatic N) is 1. The van der Waals surface area contributed by atoms with Crippen molar-refractivity contribution >= 4 is 29.9 Å². The van der Waals surface area contributed by atoms with Gasteiger partial charge in [0.25, 0.3) is 0 Å². The number of fused-ring (bicyclic) bond motifs is 1. The number of carbonyl (C=O) groups excluding carboxylic acids is 5. The van der Waals surface area contributed by atoms with Crippen LogP contribution in [0.15, 0.2) is 30.3 Å². The standard InChI is InChI=1S/C31H42N4O5/c1-30(2,3)25(34-27(38)21-14-20(21)17-9-7-6-8-10-17)29(40)35-15-22-23(31(22,4)5)24(35)28(39)33-19(16-36)13-18-11-12-32-26(18)37/h6-10,16,18-25H,11-15H2,1-5H3,(H,32,37)(H,33,39)(H,34,38). The van der Waals surface area contributed by atoms with Gasteiger partial charge in [-0.25, -0.2) is 0 Å². The van der Waals surface area contributed by atoms with Gasteiger partial charge in [-0.15, -0.1) is 0 Å². The van der Waals surface area contributed by atoms with Gasteiger partial charge in [-0.2, -0.15) is 0 Å². The van der Waals surface area contributed by atoms with Crippen molar-refractivity contribution < 1.29 is 24.0 Å². The molecule has 8 unspecified atom stereocenters. The zero-order chi connectivity index (χ0) is 29.0. The van der Waals surface area contributed by atoms with Crippen LogP contribution in [0.25, 0.3) is 0 Å². The van der Waals surface area contributed by atoms with Gasteiger partial charge in [0.05, 0.1) is 6.04 Å². The Morgan fingerprint density at radius 1 is 1.12 bits per heavy atom. The molecule has 3 N–H and O–H groups in total. The maximum Gasteiger partial charge on any atom is 0.246 e. The van der Waals surface area contributed by atoms with E-state index >= 15 is 0 Å². The molecule has 0 bridgehead atoms. The molecule has 9 heteroatoms. The molecular formula is C31H42N4O5. The predicted octanol–water partition coefficient (Wildman–Crippen LogP) is 2.01. The molecule has 2 aliphatic carbocycles. The minimum atomic E-state index is -0.804. The summed E-state index contributed by atoms with van der Waals surface area (Å²) in [5.41, 5.74) is 0.451. The lowest BCUT2D eigenvalue weighted by atomic mass is 9.85. The number of carbonyl (C=O) groups is 5. The number of likely N-dealkylation sites (tertiary alicyclic amines) is 1. The summed E-state index contributed by atoms with van der Waals surface area (Å²) in [5, 5.41) is 8.65. The molecule has 8 atom stereocenters. The average Bonchev–Trinajstić information content (AvgIpc) is 3.66. The van der Waals surface area contributed by atoms with Gasteiger partial charge in [-0.05, 0) is 53.4 Å². The highest BCUT2D eigenvalue weighted by Gasteiger charge is 2.70. The van der Waals surface area contributed by atoms with E-state index in [1.54, 1.807) is 4.90 Å². The first-order valence-electron chi connectivity index (χ1n) is 14.5. The first-order valence-corrected chi connectivity index (χ1v) is 14.5. The van der Waals surface area contributed by atoms with Gasteiger partial charge in [0.2, 0.25) is 23.6 Å². The molecule has 0 radical (unpaired) electrons. The molecule has 4 aliphatic rings. The zero-order valence-electron chi connectivity index (χ0n) is 24.1. The average molecular weight is 551 g/mol. The van der Waals surface area contributed by atoms with E-state index < -0.39 is 23.5 Å². The van der Waals surface area contributed by atoms with E-state index in [4.69, 9.17) is 0 Å². The molecule has 40 heavy (non-hydrogen) atoms. The van der Waals surface area contributed by atoms with Gasteiger partial charge in [-0.1, -0.05) is 65.0 Å². The maximum absolute atomic E-state index is 14.1. The fourth-order valence-electron chi connectivity index (χ4n) is 7.02. The maximum atomic E-state index is 14.1. The van der Waals surface area contributed by atoms with Crippen LogP contribution in [0.5, 0.6) is 0 Å². The van der Waals surface area contributed by atoms with E-state index in [9.17, 15) is 24.0 Å². The first kappa shape index (κ1) is 28.3. The number of piperidine rings is 1. The Kier molecular flexibility index (Phi) is 7.29. The largest absolute Gasteiger partial charge is 0.356 e. The van der Waals surface area contributed by atoms with E-state index in [1.807, 2.05) is 51.1 Å². The normalized spacial score (nSPS) is 31.4. The second-order valence-corrected chi connectivity index (χ2v) is 13.8. The smallest absolute Gasteiger partial charge is 0.246 e. The molecule has 4 amide bonds. The Hall–Kier alpha value is -3.23. The summed E-state index contributed by atoms with van der Waals surface area (Å²) >= 11 is 0. The van der Waals surface area contributed by atoms with Crippen LogP contribution in [0, 0.1) is 34.5 Å². The number of benzene rings is 1. The summed E-state index contributed by atoms with van der Waals surface area (Å²) in [6.07, 6.45) is 2.30. The third-order valence-corrected chi connectivity index (χ3v) is 9.71. The number of rotatable bonds is 9. The topological polar surface area (TPSA) is 125 Å². The van der Waals surface area contributed by atoms with Gasteiger partial charge in [0.15, 0.2) is 0 Å². The van der Waals surface area contributed by atoms with Crippen molar-refractivity contribution in [2.75, 3.05) is 13.1 Å². The summed E-state index contributed by atoms with van der Waals surface area (Å²) in [5.74, 6) is -1.06. The Morgan fingerprint density at radius 2 is 1.82 bits per heavy atom. The van der Waals surface area contributed by atoms with E-state index in [-0.39, 0.29) is 65.1 Å². The van der Waals surface area contributed by atoms with Crippen LogP contribution in [0.2, 0.25) is 0 Å². The lowest BCUT2D eigenvalue weighted by molar-refractivity contribution is -0.146. The van der Waals surface area contributed by atoms with Crippen LogP contribution in [0.1, 0.15) is 65.4 Å². The molecule has 1 aromatic carbocycles. The zero-order valence-corrected chi connectivity index (χ0v) is 24.1. The fraction of sp³-hybridized carbons (Fsp3) is 0.645. The summed E-state index contributed by atoms with van der Waals surface area (Å²) < 4.78 is 0. The Morgan fingerprint density at radius 3 is 2.42 bits per heavy atom. The molecule has 2 saturated carbocycles. The van der Waals surface area contributed by atoms with Crippen LogP contribution in [-0.2, 0) is 24.0 Å². The lowest BCUT2D eigenvalue weighted by Gasteiger charge is -2.38. The summed E-state index contributed by atoms with van der Waals surface area (Å²) in [4.78, 5) is 66.6. The van der Waals surface area contributed by atoms with Gasteiger partial charge < -0.3 is 25.6 Å². The molecule has 2 aliphatic heterocycles. The third kappa shape index (κ3) is 5.27. The number of amides is 4. The van der Waals surface area contributed by atoms with E-state index in [2.05, 4.69) is 29.8 Å². The lowest BCUT2D eigenvalue weighted by Crippen LogP contribution is -2.60. The van der Waals surface area contributed by atoms with Gasteiger partial charge >= 0.3 is 0 Å². The summed E-state index contributed by atoms with van der Waals surface area (Å²) in [7, 11) is 0. The van der Waals surface area contributed by atoms with Gasteiger partial charge in [0.1, 0.15) is 18.4 Å². The Bertz CT molecular complexity index is 1190. The Labute approximate surface area is 236 Å². The van der Waals surface area contributed by atoms with Crippen molar-refractivity contribution in [2.45, 2.75) is 77.9 Å². The van der Waals surface area contributed by atoms with Crippen LogP contribution in [-0.4, -0.2) is 66.0 Å². The highest BCUT2D eigenvalue weighted by Crippen LogP contribution is 2.65. The minimum Gasteiger partial charge on any atom is -0.356 e. The highest BCUT2D eigenvalue weighted by atomic mass is 16.2. The SMILES string of the molecule is CC(C)(C)C(NC(=O)C1CC1c1ccccc1)C(=O)N1CC2C(C1C(=O)NC(C=O)CC1CCNC1=O)C2(C)C. The number of hydrogen-bond donors (Lipinski definition) is 3. The second kappa shape index (κ2) is 10.3. The van der Waals surface area contributed by atoms with Crippen LogP contribution < -0.4 is 16.0 Å². The van der Waals surface area contributed by atoms with Crippen molar-refractivity contribution in [3.63, 3.8) is 0 Å². The van der Waals surface area contributed by atoms with Crippen LogP contribution in [0.3, 0.4) is 0 Å². The summed E-state index contributed by atoms with van der Waals surface area (Å²) in [6.45, 7) is 11.0. The quantitative estimate of drug-likeness (QED) is 0.406. The van der Waals surface area contributed by atoms with Crippen LogP contribution >= 0.6 is 0 Å². The molecule has 2 heterocycles. The molecule has 2 saturated heterocycles. The van der Waals surface area contributed by atoms with Crippen molar-refractivity contribution in [3.8, 4) is 0 Å². The summed E-state index contributed by atoms with van der Waals surface area (Å²) in [6, 6.07) is 7.60. The van der Waals surface area contributed by atoms with Crippen molar-refractivity contribution in [1.82, 2.24) is 20.9 Å². The van der Waals surface area contributed by atoms with Crippen LogP contribution in [0.4, 0.5) is 0 Å². The monoisotopic (exact) mass is 550 g/mol. The molecule has 1 aromatic rings. The minimum absolute atomic E-state index is 0.0271. The third-order valence-electron chi connectivity index (χ3n) is 9.71. The Balaban J connectivity index is 1.30. The predicted molar refractivity (Wildman–Crippen MR) is 149 cm³/mol. The van der Waals surface area contributed by atoms with Crippen molar-refractivity contribution in [3.05, 3.63) is 35.9 Å². The molecular weight excluding hydrogens is 508 g/mol. The second-order valence-electron chi connectivity index (χ2n) is 13.8. The number of hydrogen-bond acceptors (Lipinski definition) is 5. The highest BCUT2D eigenvalue weighted by molar-refractivity contribution is 5.95. The molecule has 9 nitrogen and oxygen atoms in total. The molecule has 0 spiro atoms. The van der Waals surface area contributed by atoms with E-state index in [0.717, 1.165) is 12.0 Å². The molecule has 5 rings (SSSR count). The first-order chi connectivity index (χ1) is 18.8. The van der Waals surface area contributed by atoms with Gasteiger partial charge in [0, 0.05) is 24.9 Å². The van der Waals surface area contributed by atoms with Crippen molar-refractivity contribution in [1.29, 1.82) is 0 Å². The molecule has 4 fully saturated rings. The van der Waals surface area contributed by atoms with Crippen molar-refractivity contribution in [2.24, 2.45) is 34.5 Å². The molecule has 0 aromatic heterocycles. The number of nitrogens with one attached hydrogen (secondary N) is 3.